The van der Waals surface area contributed by atoms with E-state index in [0.717, 1.165) is 12.8 Å². The highest BCUT2D eigenvalue weighted by Crippen LogP contribution is 2.15. The van der Waals surface area contributed by atoms with Crippen molar-refractivity contribution in [3.05, 3.63) is 18.6 Å². The fourth-order valence-corrected chi connectivity index (χ4v) is 0.861. The number of carbonyl (C=O) groups is 1. The second-order valence-corrected chi connectivity index (χ2v) is 2.51. The van der Waals surface area contributed by atoms with Crippen molar-refractivity contribution in [1.82, 2.24) is 0 Å². The third-order valence-electron chi connectivity index (χ3n) is 1.53. The van der Waals surface area contributed by atoms with Gasteiger partial charge in [0, 0.05) is 0 Å². The lowest BCUT2D eigenvalue weighted by molar-refractivity contribution is -0.135. The molecule has 0 saturated heterocycles. The summed E-state index contributed by atoms with van der Waals surface area (Å²) in [5, 5.41) is 8.65. The minimum absolute atomic E-state index is 0.509. The standard InChI is InChI=1S/C9H15O2/c1-3-5-7-8(6-4-2)9(10)11/h4H,2-3,5-7H2,1H3,(H,10,11). The number of aliphatic carboxylic acids is 1. The molecule has 1 radical (unpaired) electrons. The van der Waals surface area contributed by atoms with E-state index in [1.54, 1.807) is 6.08 Å². The summed E-state index contributed by atoms with van der Waals surface area (Å²) in [6.45, 7) is 5.56. The normalized spacial score (nSPS) is 10.0. The van der Waals surface area contributed by atoms with E-state index < -0.39 is 5.97 Å². The van der Waals surface area contributed by atoms with Gasteiger partial charge in [-0.05, 0) is 12.8 Å². The molecule has 0 aliphatic rings. The lowest BCUT2D eigenvalue weighted by atomic mass is 9.99. The Bertz CT molecular complexity index is 130. The Morgan fingerprint density at radius 2 is 2.27 bits per heavy atom. The largest absolute Gasteiger partial charge is 0.481 e. The Balaban J connectivity index is 3.69. The molecule has 11 heavy (non-hydrogen) atoms. The van der Waals surface area contributed by atoms with E-state index in [-0.39, 0.29) is 0 Å². The first-order valence-electron chi connectivity index (χ1n) is 3.91. The van der Waals surface area contributed by atoms with Crippen molar-refractivity contribution in [3.8, 4) is 0 Å². The second kappa shape index (κ2) is 5.96. The fourth-order valence-electron chi connectivity index (χ4n) is 0.861. The van der Waals surface area contributed by atoms with Gasteiger partial charge in [0.1, 0.15) is 0 Å². The quantitative estimate of drug-likeness (QED) is 0.598. The lowest BCUT2D eigenvalue weighted by Gasteiger charge is -2.06. The van der Waals surface area contributed by atoms with Crippen molar-refractivity contribution in [3.63, 3.8) is 0 Å². The van der Waals surface area contributed by atoms with Gasteiger partial charge in [0.05, 0.1) is 5.92 Å². The third-order valence-corrected chi connectivity index (χ3v) is 1.53. The molecule has 0 atom stereocenters. The second-order valence-electron chi connectivity index (χ2n) is 2.51. The van der Waals surface area contributed by atoms with Gasteiger partial charge in [-0.15, -0.1) is 6.58 Å². The van der Waals surface area contributed by atoms with E-state index >= 15 is 0 Å². The molecule has 0 aliphatic carbocycles. The molecule has 0 fully saturated rings. The molecule has 0 aromatic rings. The number of hydrogen-bond donors (Lipinski definition) is 1. The van der Waals surface area contributed by atoms with Crippen molar-refractivity contribution in [1.29, 1.82) is 0 Å². The fraction of sp³-hybridized carbons (Fsp3) is 0.556. The van der Waals surface area contributed by atoms with Gasteiger partial charge in [-0.25, -0.2) is 0 Å². The van der Waals surface area contributed by atoms with Crippen LogP contribution in [0.15, 0.2) is 12.7 Å². The van der Waals surface area contributed by atoms with Crippen LogP contribution in [0.1, 0.15) is 32.6 Å². The average molecular weight is 155 g/mol. The maximum Gasteiger partial charge on any atom is 0.311 e. The minimum Gasteiger partial charge on any atom is -0.481 e. The van der Waals surface area contributed by atoms with Gasteiger partial charge in [0.2, 0.25) is 0 Å². The molecule has 0 saturated carbocycles. The molecule has 0 heterocycles. The van der Waals surface area contributed by atoms with Gasteiger partial charge in [-0.2, -0.15) is 0 Å². The highest BCUT2D eigenvalue weighted by atomic mass is 16.4. The molecule has 0 aromatic heterocycles. The Labute approximate surface area is 67.9 Å². The van der Waals surface area contributed by atoms with Gasteiger partial charge in [0.25, 0.3) is 0 Å². The number of allylic oxidation sites excluding steroid dienone is 1. The van der Waals surface area contributed by atoms with Gasteiger partial charge in [-0.3, -0.25) is 4.79 Å². The summed E-state index contributed by atoms with van der Waals surface area (Å²) in [7, 11) is 0. The minimum atomic E-state index is -0.779. The Morgan fingerprint density at radius 1 is 1.64 bits per heavy atom. The summed E-state index contributed by atoms with van der Waals surface area (Å²) in [4.78, 5) is 10.5. The molecule has 0 spiro atoms. The first-order chi connectivity index (χ1) is 5.22. The van der Waals surface area contributed by atoms with Crippen molar-refractivity contribution in [2.45, 2.75) is 32.6 Å². The van der Waals surface area contributed by atoms with Crippen molar-refractivity contribution in [2.75, 3.05) is 0 Å². The SMILES string of the molecule is C=CC[C](CCCC)C(=O)O. The summed E-state index contributed by atoms with van der Waals surface area (Å²) in [5.74, 6) is -0.208. The number of rotatable bonds is 6. The number of hydrogen-bond acceptors (Lipinski definition) is 1. The van der Waals surface area contributed by atoms with Crippen LogP contribution in [0.25, 0.3) is 0 Å². The summed E-state index contributed by atoms with van der Waals surface area (Å²) in [5.41, 5.74) is 0. The zero-order chi connectivity index (χ0) is 8.69. The van der Waals surface area contributed by atoms with Gasteiger partial charge in [0.15, 0.2) is 0 Å². The topological polar surface area (TPSA) is 37.3 Å². The molecule has 1 N–H and O–H groups in total. The zero-order valence-electron chi connectivity index (χ0n) is 6.97. The maximum absolute atomic E-state index is 10.5. The van der Waals surface area contributed by atoms with Crippen LogP contribution in [-0.2, 0) is 4.79 Å². The van der Waals surface area contributed by atoms with E-state index in [2.05, 4.69) is 6.58 Å². The summed E-state index contributed by atoms with van der Waals surface area (Å²) < 4.78 is 0. The van der Waals surface area contributed by atoms with E-state index in [4.69, 9.17) is 5.11 Å². The number of carboxylic acids is 1. The molecule has 0 aliphatic heterocycles. The van der Waals surface area contributed by atoms with Crippen LogP contribution in [-0.4, -0.2) is 11.1 Å². The lowest BCUT2D eigenvalue weighted by Crippen LogP contribution is -2.09. The summed E-state index contributed by atoms with van der Waals surface area (Å²) in [6, 6.07) is 0. The predicted molar refractivity (Wildman–Crippen MR) is 45.2 cm³/mol. The Morgan fingerprint density at radius 3 is 2.64 bits per heavy atom. The van der Waals surface area contributed by atoms with E-state index in [1.165, 1.54) is 0 Å². The molecule has 0 amide bonds. The van der Waals surface area contributed by atoms with E-state index in [9.17, 15) is 4.79 Å². The zero-order valence-corrected chi connectivity index (χ0v) is 6.97. The van der Waals surface area contributed by atoms with Crippen molar-refractivity contribution >= 4 is 5.97 Å². The molecule has 2 nitrogen and oxygen atoms in total. The van der Waals surface area contributed by atoms with Crippen LogP contribution in [0.5, 0.6) is 0 Å². The maximum atomic E-state index is 10.5. The number of carboxylic acid groups (broad SMARTS) is 1. The van der Waals surface area contributed by atoms with Crippen LogP contribution >= 0.6 is 0 Å². The molecular formula is C9H15O2. The van der Waals surface area contributed by atoms with Crippen LogP contribution in [0.4, 0.5) is 0 Å². The van der Waals surface area contributed by atoms with Gasteiger partial charge >= 0.3 is 5.97 Å². The van der Waals surface area contributed by atoms with E-state index in [0.29, 0.717) is 18.8 Å². The smallest absolute Gasteiger partial charge is 0.311 e. The highest BCUT2D eigenvalue weighted by molar-refractivity contribution is 5.82. The molecule has 0 aromatic carbocycles. The first kappa shape index (κ1) is 10.2. The molecule has 2 heteroatoms. The monoisotopic (exact) mass is 155 g/mol. The Kier molecular flexibility index (Phi) is 5.53. The first-order valence-corrected chi connectivity index (χ1v) is 3.91. The Hall–Kier alpha value is -0.790. The number of unbranched alkanes of at least 4 members (excludes halogenated alkanes) is 1. The predicted octanol–water partition coefficient (Wildman–Crippen LogP) is 2.41. The van der Waals surface area contributed by atoms with Gasteiger partial charge < -0.3 is 5.11 Å². The molecular weight excluding hydrogens is 140 g/mol. The summed E-state index contributed by atoms with van der Waals surface area (Å²) >= 11 is 0. The van der Waals surface area contributed by atoms with Gasteiger partial charge in [-0.1, -0.05) is 25.8 Å². The molecule has 63 valence electrons. The molecule has 0 bridgehead atoms. The summed E-state index contributed by atoms with van der Waals surface area (Å²) in [6.07, 6.45) is 4.83. The van der Waals surface area contributed by atoms with Crippen molar-refractivity contribution < 1.29 is 9.90 Å². The van der Waals surface area contributed by atoms with E-state index in [1.807, 2.05) is 6.92 Å². The molecule has 0 rings (SSSR count). The van der Waals surface area contributed by atoms with Crippen LogP contribution in [0, 0.1) is 5.92 Å². The van der Waals surface area contributed by atoms with Crippen molar-refractivity contribution in [2.24, 2.45) is 0 Å². The third kappa shape index (κ3) is 4.59. The van der Waals surface area contributed by atoms with Crippen LogP contribution in [0.3, 0.4) is 0 Å². The highest BCUT2D eigenvalue weighted by Gasteiger charge is 2.14. The molecule has 0 unspecified atom stereocenters. The average Bonchev–Trinajstić information content (AvgIpc) is 1.97. The van der Waals surface area contributed by atoms with Crippen LogP contribution < -0.4 is 0 Å². The van der Waals surface area contributed by atoms with Crippen LogP contribution in [0.2, 0.25) is 0 Å².